The minimum absolute atomic E-state index is 0.715. The Morgan fingerprint density at radius 3 is 2.00 bits per heavy atom. The minimum atomic E-state index is -0.715. The van der Waals surface area contributed by atoms with Gasteiger partial charge < -0.3 is 9.59 Å². The summed E-state index contributed by atoms with van der Waals surface area (Å²) in [6, 6.07) is 0. The van der Waals surface area contributed by atoms with Gasteiger partial charge in [-0.25, -0.2) is 0 Å². The third-order valence-electron chi connectivity index (χ3n) is 2.87. The molecular weight excluding hydrogens is 184 g/mol. The van der Waals surface area contributed by atoms with Crippen LogP contribution in [0.4, 0.5) is 0 Å². The molecule has 1 atom stereocenters. The first-order chi connectivity index (χ1) is 6.10. The lowest BCUT2D eigenvalue weighted by Crippen LogP contribution is -2.49. The molecule has 0 aliphatic rings. The second kappa shape index (κ2) is 6.65. The van der Waals surface area contributed by atoms with Gasteiger partial charge in [0.15, 0.2) is 5.56 Å². The molecule has 80 valence electrons. The van der Waals surface area contributed by atoms with Crippen LogP contribution >= 0.6 is 11.8 Å². The highest BCUT2D eigenvalue weighted by molar-refractivity contribution is 7.99. The fourth-order valence-electron chi connectivity index (χ4n) is 1.51. The van der Waals surface area contributed by atoms with Crippen LogP contribution in [0.1, 0.15) is 20.8 Å². The zero-order valence-corrected chi connectivity index (χ0v) is 9.81. The Bertz CT molecular complexity index is 119. The molecule has 0 saturated heterocycles. The van der Waals surface area contributed by atoms with E-state index in [-0.39, 0.29) is 0 Å². The van der Waals surface area contributed by atoms with Crippen molar-refractivity contribution >= 4 is 11.8 Å². The summed E-state index contributed by atoms with van der Waals surface area (Å²) in [5, 5.41) is 8.90. The summed E-state index contributed by atoms with van der Waals surface area (Å²) in [5.41, 5.74) is 4.54. The molecule has 3 N–H and O–H groups in total. The van der Waals surface area contributed by atoms with Crippen LogP contribution in [0.3, 0.4) is 0 Å². The average Bonchev–Trinajstić information content (AvgIpc) is 2.13. The number of hydrogen-bond acceptors (Lipinski definition) is 3. The van der Waals surface area contributed by atoms with E-state index in [1.807, 2.05) is 0 Å². The molecule has 4 heteroatoms. The first kappa shape index (κ1) is 13.2. The summed E-state index contributed by atoms with van der Waals surface area (Å²) in [5.74, 6) is 0.938. The summed E-state index contributed by atoms with van der Waals surface area (Å²) < 4.78 is 1.12. The van der Waals surface area contributed by atoms with E-state index in [9.17, 15) is 0 Å². The van der Waals surface area contributed by atoms with Crippen molar-refractivity contribution in [2.45, 2.75) is 26.3 Å². The van der Waals surface area contributed by atoms with Crippen molar-refractivity contribution in [2.24, 2.45) is 5.73 Å². The Hall–Kier alpha value is 0.230. The molecule has 0 radical (unpaired) electrons. The smallest absolute Gasteiger partial charge is 0.150 e. The normalized spacial score (nSPS) is 14.5. The van der Waals surface area contributed by atoms with Gasteiger partial charge in [0.1, 0.15) is 0 Å². The molecule has 0 aromatic rings. The van der Waals surface area contributed by atoms with Gasteiger partial charge in [-0.05, 0) is 20.8 Å². The number of thioether (sulfide) groups is 1. The van der Waals surface area contributed by atoms with Crippen LogP contribution in [-0.4, -0.2) is 47.1 Å². The fraction of sp³-hybridized carbons (Fsp3) is 1.00. The lowest BCUT2D eigenvalue weighted by atomic mass is 10.3. The maximum Gasteiger partial charge on any atom is 0.150 e. The molecule has 0 saturated carbocycles. The van der Waals surface area contributed by atoms with Crippen LogP contribution in [0.15, 0.2) is 0 Å². The first-order valence-corrected chi connectivity index (χ1v) is 6.05. The van der Waals surface area contributed by atoms with E-state index < -0.39 is 5.56 Å². The summed E-state index contributed by atoms with van der Waals surface area (Å²) >= 11 is 1.42. The molecule has 1 unspecified atom stereocenters. The van der Waals surface area contributed by atoms with Gasteiger partial charge in [0.25, 0.3) is 0 Å². The first-order valence-electron chi connectivity index (χ1n) is 5.00. The molecule has 13 heavy (non-hydrogen) atoms. The quantitative estimate of drug-likeness (QED) is 0.480. The van der Waals surface area contributed by atoms with Gasteiger partial charge >= 0.3 is 0 Å². The maximum absolute atomic E-state index is 8.90. The van der Waals surface area contributed by atoms with E-state index in [1.54, 1.807) is 0 Å². The molecule has 0 aromatic heterocycles. The lowest BCUT2D eigenvalue weighted by Gasteiger charge is -2.35. The molecule has 0 amide bonds. The van der Waals surface area contributed by atoms with E-state index >= 15 is 0 Å². The molecule has 0 spiro atoms. The highest BCUT2D eigenvalue weighted by Crippen LogP contribution is 2.10. The second-order valence-electron chi connectivity index (χ2n) is 3.28. The van der Waals surface area contributed by atoms with Crippen molar-refractivity contribution < 1.29 is 9.59 Å². The molecule has 0 fully saturated rings. The molecule has 0 heterocycles. The van der Waals surface area contributed by atoms with Crippen molar-refractivity contribution in [1.29, 1.82) is 0 Å². The molecule has 3 nitrogen and oxygen atoms in total. The Labute approximate surface area is 85.9 Å². The van der Waals surface area contributed by atoms with Crippen LogP contribution in [0, 0.1) is 0 Å². The van der Waals surface area contributed by atoms with E-state index in [2.05, 4.69) is 20.8 Å². The van der Waals surface area contributed by atoms with Gasteiger partial charge in [-0.3, -0.25) is 5.73 Å². The van der Waals surface area contributed by atoms with Crippen molar-refractivity contribution in [2.75, 3.05) is 31.9 Å². The van der Waals surface area contributed by atoms with Gasteiger partial charge in [0, 0.05) is 5.75 Å². The van der Waals surface area contributed by atoms with Crippen LogP contribution in [0.5, 0.6) is 0 Å². The predicted molar refractivity (Wildman–Crippen MR) is 59.4 cm³/mol. The summed E-state index contributed by atoms with van der Waals surface area (Å²) in [7, 11) is 0. The molecule has 0 bridgehead atoms. The third kappa shape index (κ3) is 4.86. The van der Waals surface area contributed by atoms with Crippen LogP contribution in [0.2, 0.25) is 0 Å². The van der Waals surface area contributed by atoms with E-state index in [0.717, 1.165) is 36.4 Å². The number of quaternary nitrogens is 1. The highest BCUT2D eigenvalue weighted by atomic mass is 32.2. The number of nitrogens with two attached hydrogens (primary N) is 1. The van der Waals surface area contributed by atoms with Gasteiger partial charge in [0.2, 0.25) is 0 Å². The number of aliphatic hydroxyl groups is 1. The third-order valence-corrected chi connectivity index (χ3v) is 3.63. The topological polar surface area (TPSA) is 46.2 Å². The Kier molecular flexibility index (Phi) is 6.77. The lowest BCUT2D eigenvalue weighted by molar-refractivity contribution is -0.920. The molecule has 0 aliphatic heterocycles. The average molecular weight is 207 g/mol. The predicted octanol–water partition coefficient (Wildman–Crippen LogP) is 0.831. The molecule has 0 aromatic carbocycles. The molecular formula is C9H23N2OS+. The maximum atomic E-state index is 8.90. The SMILES string of the molecule is CC[N+](CC)(CC)CCSC(N)O. The largest absolute Gasteiger partial charge is 0.369 e. The number of aliphatic hydroxyl groups excluding tert-OH is 1. The van der Waals surface area contributed by atoms with Gasteiger partial charge in [-0.2, -0.15) is 0 Å². The van der Waals surface area contributed by atoms with E-state index in [4.69, 9.17) is 10.8 Å². The monoisotopic (exact) mass is 207 g/mol. The Morgan fingerprint density at radius 1 is 1.23 bits per heavy atom. The van der Waals surface area contributed by atoms with Crippen molar-refractivity contribution in [3.63, 3.8) is 0 Å². The fourth-order valence-corrected chi connectivity index (χ4v) is 2.25. The zero-order valence-electron chi connectivity index (χ0n) is 8.99. The zero-order chi connectivity index (χ0) is 10.3. The van der Waals surface area contributed by atoms with Crippen LogP contribution in [0.25, 0.3) is 0 Å². The standard InChI is InChI=1S/C9H23N2OS/c1-4-11(5-2,6-3)7-8-13-9(10)12/h9,12H,4-8,10H2,1-3H3/q+1. The van der Waals surface area contributed by atoms with Gasteiger partial charge in [-0.15, -0.1) is 11.8 Å². The second-order valence-corrected chi connectivity index (χ2v) is 4.50. The van der Waals surface area contributed by atoms with Gasteiger partial charge in [0.05, 0.1) is 26.2 Å². The van der Waals surface area contributed by atoms with Crippen LogP contribution < -0.4 is 5.73 Å². The van der Waals surface area contributed by atoms with Crippen LogP contribution in [-0.2, 0) is 0 Å². The highest BCUT2D eigenvalue weighted by Gasteiger charge is 2.19. The number of hydrogen-bond donors (Lipinski definition) is 2. The number of nitrogens with zero attached hydrogens (tertiary/aromatic N) is 1. The van der Waals surface area contributed by atoms with Gasteiger partial charge in [-0.1, -0.05) is 0 Å². The summed E-state index contributed by atoms with van der Waals surface area (Å²) in [6.07, 6.45) is 0. The Balaban J connectivity index is 3.81. The van der Waals surface area contributed by atoms with E-state index in [1.165, 1.54) is 11.8 Å². The summed E-state index contributed by atoms with van der Waals surface area (Å²) in [4.78, 5) is 0. The molecule has 0 aliphatic carbocycles. The van der Waals surface area contributed by atoms with Crippen molar-refractivity contribution in [3.05, 3.63) is 0 Å². The van der Waals surface area contributed by atoms with Crippen molar-refractivity contribution in [3.8, 4) is 0 Å². The summed E-state index contributed by atoms with van der Waals surface area (Å²) in [6.45, 7) is 11.2. The van der Waals surface area contributed by atoms with E-state index in [0.29, 0.717) is 0 Å². The Morgan fingerprint density at radius 2 is 1.69 bits per heavy atom. The van der Waals surface area contributed by atoms with Crippen molar-refractivity contribution in [1.82, 2.24) is 0 Å². The number of rotatable bonds is 7. The molecule has 0 rings (SSSR count). The minimum Gasteiger partial charge on any atom is -0.369 e.